The Bertz CT molecular complexity index is 952. The highest BCUT2D eigenvalue weighted by Gasteiger charge is 2.13. The Morgan fingerprint density at radius 1 is 1.15 bits per heavy atom. The Morgan fingerprint density at radius 3 is 2.70 bits per heavy atom. The van der Waals surface area contributed by atoms with Crippen LogP contribution in [0.25, 0.3) is 11.0 Å². The third-order valence-corrected chi connectivity index (χ3v) is 4.04. The average molecular weight is 375 g/mol. The second-order valence-corrected chi connectivity index (χ2v) is 6.02. The molecule has 0 atom stereocenters. The van der Waals surface area contributed by atoms with Crippen LogP contribution < -0.4 is 14.8 Å². The number of hydrogen-bond acceptors (Lipinski definition) is 4. The van der Waals surface area contributed by atoms with Gasteiger partial charge in [0.25, 0.3) is 5.91 Å². The van der Waals surface area contributed by atoms with Gasteiger partial charge in [-0.3, -0.25) is 4.79 Å². The second-order valence-electron chi connectivity index (χ2n) is 6.02. The molecule has 0 saturated carbocycles. The molecule has 0 fully saturated rings. The number of rotatable bonds is 7. The number of fused-ring (bicyclic) bond motifs is 1. The number of carbonyl (C=O) groups excluding carboxylic acids is 1. The predicted molar refractivity (Wildman–Crippen MR) is 96.6 cm³/mol. The lowest BCUT2D eigenvalue weighted by atomic mass is 10.1. The maximum Gasteiger partial charge on any atom is 0.387 e. The number of nitrogens with one attached hydrogen (secondary N) is 1. The van der Waals surface area contributed by atoms with Gasteiger partial charge in [-0.15, -0.1) is 0 Å². The number of furan rings is 1. The molecule has 7 heteroatoms. The summed E-state index contributed by atoms with van der Waals surface area (Å²) in [6.07, 6.45) is 0.439. The Labute approximate surface area is 154 Å². The third kappa shape index (κ3) is 4.55. The van der Waals surface area contributed by atoms with Crippen LogP contribution in [0.1, 0.15) is 21.7 Å². The van der Waals surface area contributed by atoms with Crippen LogP contribution in [-0.4, -0.2) is 26.2 Å². The van der Waals surface area contributed by atoms with Gasteiger partial charge >= 0.3 is 6.61 Å². The average Bonchev–Trinajstić information content (AvgIpc) is 3.04. The molecule has 1 N–H and O–H groups in total. The van der Waals surface area contributed by atoms with Crippen LogP contribution in [0.3, 0.4) is 0 Å². The summed E-state index contributed by atoms with van der Waals surface area (Å²) in [5.74, 6) is 0.0816. The van der Waals surface area contributed by atoms with Crippen molar-refractivity contribution in [3.05, 3.63) is 59.4 Å². The van der Waals surface area contributed by atoms with Gasteiger partial charge in [0.2, 0.25) is 0 Å². The number of alkyl halides is 2. The van der Waals surface area contributed by atoms with Gasteiger partial charge in [0, 0.05) is 11.9 Å². The zero-order chi connectivity index (χ0) is 19.4. The number of amides is 1. The van der Waals surface area contributed by atoms with E-state index in [0.717, 1.165) is 16.5 Å². The smallest absolute Gasteiger partial charge is 0.387 e. The van der Waals surface area contributed by atoms with Crippen LogP contribution in [0, 0.1) is 6.92 Å². The molecule has 142 valence electrons. The molecule has 0 bridgehead atoms. The number of carbonyl (C=O) groups is 1. The van der Waals surface area contributed by atoms with Gasteiger partial charge < -0.3 is 19.2 Å². The van der Waals surface area contributed by atoms with Crippen molar-refractivity contribution >= 4 is 16.9 Å². The summed E-state index contributed by atoms with van der Waals surface area (Å²) in [5, 5.41) is 3.62. The molecule has 0 aliphatic rings. The Hall–Kier alpha value is -3.09. The molecule has 1 aromatic heterocycles. The van der Waals surface area contributed by atoms with Gasteiger partial charge in [0.05, 0.1) is 7.11 Å². The summed E-state index contributed by atoms with van der Waals surface area (Å²) >= 11 is 0. The molecule has 0 saturated heterocycles. The first-order valence-corrected chi connectivity index (χ1v) is 8.36. The molecule has 1 amide bonds. The van der Waals surface area contributed by atoms with Gasteiger partial charge in [0.1, 0.15) is 5.58 Å². The number of ether oxygens (including phenoxy) is 2. The second kappa shape index (κ2) is 8.07. The summed E-state index contributed by atoms with van der Waals surface area (Å²) in [7, 11) is 1.38. The van der Waals surface area contributed by atoms with Crippen LogP contribution in [0.15, 0.2) is 46.9 Å². The van der Waals surface area contributed by atoms with Crippen LogP contribution in [0.5, 0.6) is 11.5 Å². The lowest BCUT2D eigenvalue weighted by Crippen LogP contribution is -2.25. The fraction of sp³-hybridized carbons (Fsp3) is 0.250. The van der Waals surface area contributed by atoms with Crippen molar-refractivity contribution in [3.8, 4) is 11.5 Å². The largest absolute Gasteiger partial charge is 0.493 e. The van der Waals surface area contributed by atoms with Gasteiger partial charge in [-0.2, -0.15) is 8.78 Å². The highest BCUT2D eigenvalue weighted by Crippen LogP contribution is 2.29. The number of benzene rings is 2. The van der Waals surface area contributed by atoms with Gasteiger partial charge in [-0.1, -0.05) is 17.7 Å². The first-order valence-electron chi connectivity index (χ1n) is 8.36. The third-order valence-electron chi connectivity index (χ3n) is 4.04. The number of methoxy groups -OCH3 is 1. The molecule has 1 heterocycles. The van der Waals surface area contributed by atoms with Crippen LogP contribution in [0.2, 0.25) is 0 Å². The predicted octanol–water partition coefficient (Wildman–Crippen LogP) is 4.32. The molecule has 0 aliphatic carbocycles. The van der Waals surface area contributed by atoms with Gasteiger partial charge in [-0.25, -0.2) is 0 Å². The van der Waals surface area contributed by atoms with Crippen LogP contribution in [0.4, 0.5) is 8.78 Å². The molecule has 0 spiro atoms. The Balaban J connectivity index is 1.62. The standard InChI is InChI=1S/C20H19F2NO4/c1-12-3-5-15-14(9-12)11-18(26-15)19(24)23-8-7-13-4-6-16(25-2)17(10-13)27-20(21)22/h3-6,9-11,20H,7-8H2,1-2H3,(H,23,24). The zero-order valence-electron chi connectivity index (χ0n) is 14.9. The van der Waals surface area contributed by atoms with E-state index in [4.69, 9.17) is 9.15 Å². The van der Waals surface area contributed by atoms with Crippen molar-refractivity contribution in [2.75, 3.05) is 13.7 Å². The monoisotopic (exact) mass is 375 g/mol. The number of hydrogen-bond donors (Lipinski definition) is 1. The lowest BCUT2D eigenvalue weighted by Gasteiger charge is -2.11. The molecule has 27 heavy (non-hydrogen) atoms. The first kappa shape index (κ1) is 18.7. The van der Waals surface area contributed by atoms with E-state index in [1.165, 1.54) is 13.2 Å². The van der Waals surface area contributed by atoms with Crippen molar-refractivity contribution in [2.45, 2.75) is 20.0 Å². The quantitative estimate of drug-likeness (QED) is 0.668. The van der Waals surface area contributed by atoms with E-state index in [0.29, 0.717) is 18.5 Å². The molecule has 2 aromatic carbocycles. The van der Waals surface area contributed by atoms with Gasteiger partial charge in [0.15, 0.2) is 17.3 Å². The van der Waals surface area contributed by atoms with E-state index in [2.05, 4.69) is 10.1 Å². The van der Waals surface area contributed by atoms with Crippen molar-refractivity contribution in [3.63, 3.8) is 0 Å². The molecular weight excluding hydrogens is 356 g/mol. The molecule has 3 aromatic rings. The van der Waals surface area contributed by atoms with E-state index in [1.807, 2.05) is 25.1 Å². The lowest BCUT2D eigenvalue weighted by molar-refractivity contribution is -0.0512. The fourth-order valence-corrected chi connectivity index (χ4v) is 2.75. The highest BCUT2D eigenvalue weighted by atomic mass is 19.3. The van der Waals surface area contributed by atoms with Gasteiger partial charge in [-0.05, 0) is 49.2 Å². The van der Waals surface area contributed by atoms with Crippen molar-refractivity contribution < 1.29 is 27.5 Å². The van der Waals surface area contributed by atoms with Crippen LogP contribution in [-0.2, 0) is 6.42 Å². The fourth-order valence-electron chi connectivity index (χ4n) is 2.75. The topological polar surface area (TPSA) is 60.7 Å². The molecule has 0 radical (unpaired) electrons. The van der Waals surface area contributed by atoms with Crippen molar-refractivity contribution in [1.82, 2.24) is 5.32 Å². The minimum Gasteiger partial charge on any atom is -0.493 e. The molecule has 5 nitrogen and oxygen atoms in total. The minimum atomic E-state index is -2.94. The zero-order valence-corrected chi connectivity index (χ0v) is 14.9. The van der Waals surface area contributed by atoms with E-state index < -0.39 is 6.61 Å². The van der Waals surface area contributed by atoms with Crippen LogP contribution >= 0.6 is 0 Å². The SMILES string of the molecule is COc1ccc(CCNC(=O)c2cc3cc(C)ccc3o2)cc1OC(F)F. The number of aryl methyl sites for hydroxylation is 1. The Morgan fingerprint density at radius 2 is 1.96 bits per heavy atom. The molecule has 0 unspecified atom stereocenters. The maximum atomic E-state index is 12.5. The summed E-state index contributed by atoms with van der Waals surface area (Å²) in [6.45, 7) is -0.659. The van der Waals surface area contributed by atoms with Crippen molar-refractivity contribution in [1.29, 1.82) is 0 Å². The number of halogens is 2. The molecule has 0 aliphatic heterocycles. The van der Waals surface area contributed by atoms with E-state index in [-0.39, 0.29) is 23.2 Å². The summed E-state index contributed by atoms with van der Waals surface area (Å²) in [6, 6.07) is 12.1. The Kier molecular flexibility index (Phi) is 5.59. The highest BCUT2D eigenvalue weighted by molar-refractivity contribution is 5.96. The van der Waals surface area contributed by atoms with Crippen molar-refractivity contribution in [2.24, 2.45) is 0 Å². The van der Waals surface area contributed by atoms with E-state index >= 15 is 0 Å². The van der Waals surface area contributed by atoms with E-state index in [1.54, 1.807) is 18.2 Å². The van der Waals surface area contributed by atoms with E-state index in [9.17, 15) is 13.6 Å². The first-order chi connectivity index (χ1) is 13.0. The minimum absolute atomic E-state index is 0.0380. The molecule has 3 rings (SSSR count). The normalized spacial score (nSPS) is 11.0. The summed E-state index contributed by atoms with van der Waals surface area (Å²) in [4.78, 5) is 12.3. The summed E-state index contributed by atoms with van der Waals surface area (Å²) in [5.41, 5.74) is 2.46. The molecular formula is C20H19F2NO4. The summed E-state index contributed by atoms with van der Waals surface area (Å²) < 4.78 is 40.0. The maximum absolute atomic E-state index is 12.5.